The van der Waals surface area contributed by atoms with E-state index in [0.29, 0.717) is 30.1 Å². The Labute approximate surface area is 180 Å². The highest BCUT2D eigenvalue weighted by atomic mass is 32.2. The van der Waals surface area contributed by atoms with Crippen molar-refractivity contribution in [3.8, 4) is 5.69 Å². The SMILES string of the molecule is Cc1nccn1-c1ccccc1CNC(=O)[C@@H]1CCCN(S(=O)(=O)c2cccs2)C1. The summed E-state index contributed by atoms with van der Waals surface area (Å²) in [7, 11) is -3.53. The van der Waals surface area contributed by atoms with Crippen molar-refractivity contribution in [3.05, 3.63) is 65.6 Å². The number of carbonyl (C=O) groups is 1. The quantitative estimate of drug-likeness (QED) is 0.634. The summed E-state index contributed by atoms with van der Waals surface area (Å²) in [6.07, 6.45) is 5.00. The molecule has 0 aliphatic carbocycles. The van der Waals surface area contributed by atoms with Crippen LogP contribution in [0, 0.1) is 12.8 Å². The molecule has 1 saturated heterocycles. The molecule has 1 N–H and O–H groups in total. The summed E-state index contributed by atoms with van der Waals surface area (Å²) < 4.78 is 29.3. The molecule has 0 saturated carbocycles. The average Bonchev–Trinajstić information content (AvgIpc) is 3.45. The zero-order valence-electron chi connectivity index (χ0n) is 16.7. The summed E-state index contributed by atoms with van der Waals surface area (Å²) in [4.78, 5) is 17.1. The van der Waals surface area contributed by atoms with Crippen molar-refractivity contribution in [2.75, 3.05) is 13.1 Å². The number of para-hydroxylation sites is 1. The van der Waals surface area contributed by atoms with Crippen molar-refractivity contribution in [1.29, 1.82) is 0 Å². The fourth-order valence-corrected chi connectivity index (χ4v) is 6.44. The number of carbonyl (C=O) groups excluding carboxylic acids is 1. The maximum Gasteiger partial charge on any atom is 0.252 e. The lowest BCUT2D eigenvalue weighted by molar-refractivity contribution is -0.126. The van der Waals surface area contributed by atoms with E-state index in [0.717, 1.165) is 17.1 Å². The lowest BCUT2D eigenvalue weighted by Crippen LogP contribution is -2.45. The van der Waals surface area contributed by atoms with Crippen LogP contribution >= 0.6 is 11.3 Å². The second-order valence-corrected chi connectivity index (χ2v) is 10.4. The normalized spacial score (nSPS) is 17.7. The molecule has 9 heteroatoms. The van der Waals surface area contributed by atoms with Gasteiger partial charge in [-0.15, -0.1) is 11.3 Å². The van der Waals surface area contributed by atoms with Crippen LogP contribution in [0.2, 0.25) is 0 Å². The van der Waals surface area contributed by atoms with E-state index in [9.17, 15) is 13.2 Å². The van der Waals surface area contributed by atoms with Gasteiger partial charge in [0.05, 0.1) is 11.6 Å². The second kappa shape index (κ2) is 8.71. The number of aryl methyl sites for hydroxylation is 1. The predicted octanol–water partition coefficient (Wildman–Crippen LogP) is 2.96. The van der Waals surface area contributed by atoms with Gasteiger partial charge in [0, 0.05) is 32.0 Å². The molecule has 0 spiro atoms. The topological polar surface area (TPSA) is 84.3 Å². The van der Waals surface area contributed by atoms with Crippen LogP contribution in [-0.4, -0.2) is 41.3 Å². The Bertz CT molecular complexity index is 1120. The first kappa shape index (κ1) is 20.8. The molecule has 1 amide bonds. The van der Waals surface area contributed by atoms with Crippen molar-refractivity contribution >= 4 is 27.3 Å². The van der Waals surface area contributed by atoms with Gasteiger partial charge in [0.15, 0.2) is 0 Å². The summed E-state index contributed by atoms with van der Waals surface area (Å²) in [6, 6.07) is 11.2. The van der Waals surface area contributed by atoms with Crippen LogP contribution in [0.25, 0.3) is 5.69 Å². The molecule has 0 bridgehead atoms. The van der Waals surface area contributed by atoms with Crippen molar-refractivity contribution in [2.24, 2.45) is 5.92 Å². The van der Waals surface area contributed by atoms with Crippen LogP contribution < -0.4 is 5.32 Å². The highest BCUT2D eigenvalue weighted by Gasteiger charge is 2.33. The number of nitrogens with one attached hydrogen (secondary N) is 1. The van der Waals surface area contributed by atoms with Crippen molar-refractivity contribution in [1.82, 2.24) is 19.2 Å². The third kappa shape index (κ3) is 4.19. The Kier molecular flexibility index (Phi) is 6.03. The summed E-state index contributed by atoms with van der Waals surface area (Å²) in [5.41, 5.74) is 1.95. The van der Waals surface area contributed by atoms with E-state index in [4.69, 9.17) is 0 Å². The van der Waals surface area contributed by atoms with Gasteiger partial charge in [-0.05, 0) is 42.8 Å². The van der Waals surface area contributed by atoms with Gasteiger partial charge in [0.25, 0.3) is 10.0 Å². The lowest BCUT2D eigenvalue weighted by Gasteiger charge is -2.30. The van der Waals surface area contributed by atoms with Crippen molar-refractivity contribution in [3.63, 3.8) is 0 Å². The highest BCUT2D eigenvalue weighted by Crippen LogP contribution is 2.26. The molecule has 30 heavy (non-hydrogen) atoms. The van der Waals surface area contributed by atoms with Crippen LogP contribution in [0.1, 0.15) is 24.2 Å². The maximum absolute atomic E-state index is 12.8. The molecule has 1 atom stereocenters. The second-order valence-electron chi connectivity index (χ2n) is 7.33. The zero-order chi connectivity index (χ0) is 21.1. The van der Waals surface area contributed by atoms with Gasteiger partial charge < -0.3 is 9.88 Å². The standard InChI is InChI=1S/C21H24N4O3S2/c1-16-22-10-12-25(16)19-8-3-2-6-17(19)14-23-21(26)18-7-4-11-24(15-18)30(27,28)20-9-5-13-29-20/h2-3,5-6,8-10,12-13,18H,4,7,11,14-15H2,1H3,(H,23,26)/t18-/m1/s1. The van der Waals surface area contributed by atoms with Gasteiger partial charge in [-0.25, -0.2) is 13.4 Å². The molecular formula is C21H24N4O3S2. The third-order valence-corrected chi connectivity index (χ3v) is 8.61. The Morgan fingerprint density at radius 2 is 2.10 bits per heavy atom. The molecule has 3 aromatic rings. The smallest absolute Gasteiger partial charge is 0.252 e. The van der Waals surface area contributed by atoms with E-state index in [1.807, 2.05) is 42.0 Å². The molecule has 7 nitrogen and oxygen atoms in total. The van der Waals surface area contributed by atoms with Gasteiger partial charge in [-0.1, -0.05) is 24.3 Å². The Morgan fingerprint density at radius 3 is 2.83 bits per heavy atom. The van der Waals surface area contributed by atoms with E-state index in [-0.39, 0.29) is 18.4 Å². The fraction of sp³-hybridized carbons (Fsp3) is 0.333. The Hall–Kier alpha value is -2.49. The Balaban J connectivity index is 1.44. The minimum absolute atomic E-state index is 0.113. The number of hydrogen-bond donors (Lipinski definition) is 1. The molecule has 1 aromatic carbocycles. The number of imidazole rings is 1. The number of piperidine rings is 1. The van der Waals surface area contributed by atoms with E-state index in [1.54, 1.807) is 23.7 Å². The molecule has 1 aliphatic rings. The van der Waals surface area contributed by atoms with Crippen molar-refractivity contribution in [2.45, 2.75) is 30.5 Å². The number of benzene rings is 1. The first-order valence-corrected chi connectivity index (χ1v) is 12.2. The largest absolute Gasteiger partial charge is 0.352 e. The number of sulfonamides is 1. The summed E-state index contributed by atoms with van der Waals surface area (Å²) in [5, 5.41) is 4.76. The van der Waals surface area contributed by atoms with Gasteiger partial charge in [0.1, 0.15) is 10.0 Å². The zero-order valence-corrected chi connectivity index (χ0v) is 18.3. The molecular weight excluding hydrogens is 420 g/mol. The van der Waals surface area contributed by atoms with Crippen molar-refractivity contribution < 1.29 is 13.2 Å². The van der Waals surface area contributed by atoms with Gasteiger partial charge >= 0.3 is 0 Å². The number of nitrogens with zero attached hydrogens (tertiary/aromatic N) is 3. The molecule has 1 fully saturated rings. The fourth-order valence-electron chi connectivity index (χ4n) is 3.77. The van der Waals surface area contributed by atoms with Crippen LogP contribution in [0.5, 0.6) is 0 Å². The molecule has 3 heterocycles. The molecule has 0 unspecified atom stereocenters. The first-order chi connectivity index (χ1) is 14.5. The number of amides is 1. The molecule has 2 aromatic heterocycles. The Morgan fingerprint density at radius 1 is 1.27 bits per heavy atom. The third-order valence-electron chi connectivity index (χ3n) is 5.37. The summed E-state index contributed by atoms with van der Waals surface area (Å²) in [6.45, 7) is 2.97. The van der Waals surface area contributed by atoms with Crippen LogP contribution in [-0.2, 0) is 21.4 Å². The summed E-state index contributed by atoms with van der Waals surface area (Å²) >= 11 is 1.20. The average molecular weight is 445 g/mol. The minimum Gasteiger partial charge on any atom is -0.352 e. The maximum atomic E-state index is 12.8. The number of rotatable bonds is 6. The van der Waals surface area contributed by atoms with Gasteiger partial charge in [-0.3, -0.25) is 4.79 Å². The number of thiophene rings is 1. The monoisotopic (exact) mass is 444 g/mol. The summed E-state index contributed by atoms with van der Waals surface area (Å²) in [5.74, 6) is 0.407. The van der Waals surface area contributed by atoms with Gasteiger partial charge in [0.2, 0.25) is 5.91 Å². The highest BCUT2D eigenvalue weighted by molar-refractivity contribution is 7.91. The number of aromatic nitrogens is 2. The minimum atomic E-state index is -3.53. The van der Waals surface area contributed by atoms with Gasteiger partial charge in [-0.2, -0.15) is 4.31 Å². The predicted molar refractivity (Wildman–Crippen MR) is 116 cm³/mol. The first-order valence-electron chi connectivity index (χ1n) is 9.86. The van der Waals surface area contributed by atoms with Crippen LogP contribution in [0.4, 0.5) is 0 Å². The van der Waals surface area contributed by atoms with Crippen LogP contribution in [0.3, 0.4) is 0 Å². The van der Waals surface area contributed by atoms with E-state index >= 15 is 0 Å². The molecule has 0 radical (unpaired) electrons. The van der Waals surface area contributed by atoms with E-state index in [1.165, 1.54) is 15.6 Å². The molecule has 1 aliphatic heterocycles. The van der Waals surface area contributed by atoms with Crippen LogP contribution in [0.15, 0.2) is 58.4 Å². The number of hydrogen-bond acceptors (Lipinski definition) is 5. The lowest BCUT2D eigenvalue weighted by atomic mass is 9.98. The van der Waals surface area contributed by atoms with E-state index in [2.05, 4.69) is 10.3 Å². The van der Waals surface area contributed by atoms with E-state index < -0.39 is 10.0 Å². The molecule has 4 rings (SSSR count). The molecule has 158 valence electrons.